The maximum Gasteiger partial charge on any atom is 0.317 e. The molecule has 25 heavy (non-hydrogen) atoms. The van der Waals surface area contributed by atoms with Gasteiger partial charge in [0.1, 0.15) is 11.5 Å². The molecule has 0 heterocycles. The summed E-state index contributed by atoms with van der Waals surface area (Å²) >= 11 is 0. The summed E-state index contributed by atoms with van der Waals surface area (Å²) in [5, 5.41) is 19.5. The maximum atomic E-state index is 11.8. The average molecular weight is 365 g/mol. The number of phenols is 1. The lowest BCUT2D eigenvalue weighted by molar-refractivity contribution is 0.177. The first-order valence-corrected chi connectivity index (χ1v) is 8.90. The Balaban J connectivity index is 1.80. The number of phenolic OH excluding ortho intramolecular Hbond substituents is 1. The third-order valence-corrected chi connectivity index (χ3v) is 4.12. The van der Waals surface area contributed by atoms with Gasteiger partial charge in [0.05, 0.1) is 4.90 Å². The molecule has 2 aromatic rings. The molecule has 0 aliphatic rings. The van der Waals surface area contributed by atoms with Crippen LogP contribution in [0.1, 0.15) is 12.5 Å². The topological polar surface area (TPSA) is 131 Å². The Morgan fingerprint density at radius 3 is 2.32 bits per heavy atom. The van der Waals surface area contributed by atoms with Crippen molar-refractivity contribution in [3.63, 3.8) is 0 Å². The summed E-state index contributed by atoms with van der Waals surface area (Å²) in [6.45, 7) is 1.87. The van der Waals surface area contributed by atoms with Crippen LogP contribution in [0.5, 0.6) is 11.5 Å². The van der Waals surface area contributed by atoms with Crippen molar-refractivity contribution < 1.29 is 23.1 Å². The first-order valence-electron chi connectivity index (χ1n) is 7.36. The van der Waals surface area contributed by atoms with Crippen LogP contribution in [0, 0.1) is 0 Å². The number of rotatable bonds is 6. The van der Waals surface area contributed by atoms with Crippen LogP contribution in [0.25, 0.3) is 0 Å². The van der Waals surface area contributed by atoms with E-state index in [2.05, 4.69) is 10.6 Å². The van der Waals surface area contributed by atoms with Gasteiger partial charge in [0.25, 0.3) is 0 Å². The zero-order chi connectivity index (χ0) is 18.4. The standard InChI is InChI=1S/C16H19N3O5S/c1-11(24-14-6-4-13(20)5-7-14)19-16(21)18-10-12-2-8-15(9-3-12)25(17,22)23/h2-9,11,20H,10H2,1H3,(H2,17,22,23)(H2,18,19,21). The van der Waals surface area contributed by atoms with E-state index < -0.39 is 22.3 Å². The molecule has 8 nitrogen and oxygen atoms in total. The van der Waals surface area contributed by atoms with Crippen molar-refractivity contribution in [2.24, 2.45) is 5.14 Å². The van der Waals surface area contributed by atoms with Gasteiger partial charge in [0, 0.05) is 6.54 Å². The summed E-state index contributed by atoms with van der Waals surface area (Å²) in [6, 6.07) is 11.6. The quantitative estimate of drug-likeness (QED) is 0.573. The highest BCUT2D eigenvalue weighted by atomic mass is 32.2. The SMILES string of the molecule is CC(NC(=O)NCc1ccc(S(N)(=O)=O)cc1)Oc1ccc(O)cc1. The monoisotopic (exact) mass is 365 g/mol. The highest BCUT2D eigenvalue weighted by Crippen LogP contribution is 2.16. The fourth-order valence-electron chi connectivity index (χ4n) is 1.97. The van der Waals surface area contributed by atoms with Gasteiger partial charge in [-0.1, -0.05) is 12.1 Å². The van der Waals surface area contributed by atoms with E-state index >= 15 is 0 Å². The molecule has 0 bridgehead atoms. The van der Waals surface area contributed by atoms with Gasteiger partial charge in [0.2, 0.25) is 10.0 Å². The van der Waals surface area contributed by atoms with Crippen molar-refractivity contribution in [2.45, 2.75) is 24.6 Å². The van der Waals surface area contributed by atoms with E-state index in [-0.39, 0.29) is 17.2 Å². The van der Waals surface area contributed by atoms with Crippen LogP contribution in [0.15, 0.2) is 53.4 Å². The summed E-state index contributed by atoms with van der Waals surface area (Å²) in [5.41, 5.74) is 0.717. The third kappa shape index (κ3) is 5.98. The van der Waals surface area contributed by atoms with Crippen LogP contribution in [-0.4, -0.2) is 25.8 Å². The van der Waals surface area contributed by atoms with Crippen LogP contribution in [0.4, 0.5) is 4.79 Å². The second-order valence-corrected chi connectivity index (χ2v) is 6.83. The highest BCUT2D eigenvalue weighted by Gasteiger charge is 2.09. The Bertz CT molecular complexity index is 820. The summed E-state index contributed by atoms with van der Waals surface area (Å²) in [7, 11) is -3.73. The van der Waals surface area contributed by atoms with Crippen LogP contribution in [0.3, 0.4) is 0 Å². The number of aromatic hydroxyl groups is 1. The number of carbonyl (C=O) groups excluding carboxylic acids is 1. The fraction of sp³-hybridized carbons (Fsp3) is 0.188. The van der Waals surface area contributed by atoms with Gasteiger partial charge < -0.3 is 20.5 Å². The summed E-state index contributed by atoms with van der Waals surface area (Å²) in [4.78, 5) is 11.8. The van der Waals surface area contributed by atoms with Gasteiger partial charge >= 0.3 is 6.03 Å². The average Bonchev–Trinajstić information content (AvgIpc) is 2.54. The van der Waals surface area contributed by atoms with Crippen molar-refractivity contribution >= 4 is 16.1 Å². The highest BCUT2D eigenvalue weighted by molar-refractivity contribution is 7.89. The number of carbonyl (C=O) groups is 1. The Hall–Kier alpha value is -2.78. The first kappa shape index (κ1) is 18.6. The smallest absolute Gasteiger partial charge is 0.317 e. The molecule has 2 aromatic carbocycles. The summed E-state index contributed by atoms with van der Waals surface area (Å²) in [6.07, 6.45) is -0.589. The first-order chi connectivity index (χ1) is 11.7. The van der Waals surface area contributed by atoms with Gasteiger partial charge in [-0.05, 0) is 48.9 Å². The molecule has 0 radical (unpaired) electrons. The molecule has 2 rings (SSSR count). The Labute approximate surface area is 145 Å². The van der Waals surface area contributed by atoms with Gasteiger partial charge in [-0.3, -0.25) is 0 Å². The molecule has 0 aromatic heterocycles. The fourth-order valence-corrected chi connectivity index (χ4v) is 2.49. The molecule has 1 unspecified atom stereocenters. The van der Waals surface area contributed by atoms with E-state index in [1.165, 1.54) is 24.3 Å². The second-order valence-electron chi connectivity index (χ2n) is 5.27. The van der Waals surface area contributed by atoms with Crippen LogP contribution in [-0.2, 0) is 16.6 Å². The number of amides is 2. The Morgan fingerprint density at radius 2 is 1.76 bits per heavy atom. The number of sulfonamides is 1. The molecule has 0 aliphatic carbocycles. The Kier molecular flexibility index (Phi) is 5.84. The number of benzene rings is 2. The lowest BCUT2D eigenvalue weighted by Crippen LogP contribution is -2.43. The van der Waals surface area contributed by atoms with E-state index in [9.17, 15) is 18.3 Å². The minimum Gasteiger partial charge on any atom is -0.508 e. The van der Waals surface area contributed by atoms with Crippen molar-refractivity contribution in [1.29, 1.82) is 0 Å². The molecule has 9 heteroatoms. The number of primary sulfonamides is 1. The zero-order valence-corrected chi connectivity index (χ0v) is 14.3. The lowest BCUT2D eigenvalue weighted by Gasteiger charge is -2.16. The van der Waals surface area contributed by atoms with Crippen molar-refractivity contribution in [3.05, 3.63) is 54.1 Å². The lowest BCUT2D eigenvalue weighted by atomic mass is 10.2. The molecular weight excluding hydrogens is 346 g/mol. The van der Waals surface area contributed by atoms with Crippen LogP contribution >= 0.6 is 0 Å². The number of hydrogen-bond acceptors (Lipinski definition) is 5. The molecule has 0 fully saturated rings. The molecule has 0 spiro atoms. The molecule has 134 valence electrons. The normalized spacial score (nSPS) is 12.2. The molecule has 5 N–H and O–H groups in total. The third-order valence-electron chi connectivity index (χ3n) is 3.19. The maximum absolute atomic E-state index is 11.8. The van der Waals surface area contributed by atoms with E-state index in [1.807, 2.05) is 0 Å². The van der Waals surface area contributed by atoms with Gasteiger partial charge in [-0.25, -0.2) is 18.4 Å². The van der Waals surface area contributed by atoms with E-state index in [0.29, 0.717) is 5.75 Å². The van der Waals surface area contributed by atoms with Crippen molar-refractivity contribution in [3.8, 4) is 11.5 Å². The molecule has 0 aliphatic heterocycles. The van der Waals surface area contributed by atoms with Gasteiger partial charge in [-0.2, -0.15) is 0 Å². The predicted octanol–water partition coefficient (Wildman–Crippen LogP) is 1.26. The van der Waals surface area contributed by atoms with Gasteiger partial charge in [-0.15, -0.1) is 0 Å². The predicted molar refractivity (Wildman–Crippen MR) is 91.4 cm³/mol. The largest absolute Gasteiger partial charge is 0.508 e. The number of nitrogens with one attached hydrogen (secondary N) is 2. The number of urea groups is 1. The number of ether oxygens (including phenoxy) is 1. The molecular formula is C16H19N3O5S. The van der Waals surface area contributed by atoms with E-state index in [4.69, 9.17) is 9.88 Å². The van der Waals surface area contributed by atoms with E-state index in [0.717, 1.165) is 5.56 Å². The molecule has 0 saturated carbocycles. The van der Waals surface area contributed by atoms with E-state index in [1.54, 1.807) is 31.2 Å². The minimum absolute atomic E-state index is 0.0108. The number of nitrogens with two attached hydrogens (primary N) is 1. The van der Waals surface area contributed by atoms with Crippen LogP contribution < -0.4 is 20.5 Å². The van der Waals surface area contributed by atoms with Crippen LogP contribution in [0.2, 0.25) is 0 Å². The second kappa shape index (κ2) is 7.86. The molecule has 1 atom stereocenters. The van der Waals surface area contributed by atoms with Crippen molar-refractivity contribution in [2.75, 3.05) is 0 Å². The molecule has 0 saturated heterocycles. The summed E-state index contributed by atoms with van der Waals surface area (Å²) < 4.78 is 27.8. The Morgan fingerprint density at radius 1 is 1.16 bits per heavy atom. The van der Waals surface area contributed by atoms with Crippen molar-refractivity contribution in [1.82, 2.24) is 10.6 Å². The van der Waals surface area contributed by atoms with Gasteiger partial charge in [0.15, 0.2) is 6.23 Å². The number of hydrogen-bond donors (Lipinski definition) is 4. The molecule has 2 amide bonds. The minimum atomic E-state index is -3.73. The summed E-state index contributed by atoms with van der Waals surface area (Å²) in [5.74, 6) is 0.628. The zero-order valence-electron chi connectivity index (χ0n) is 13.5.